The molecular formula is C11H16. The first-order chi connectivity index (χ1) is 5.07. The second-order valence-electron chi connectivity index (χ2n) is 2.79. The molecule has 0 unspecified atom stereocenters. The van der Waals surface area contributed by atoms with E-state index in [0.29, 0.717) is 0 Å². The van der Waals surface area contributed by atoms with Gasteiger partial charge < -0.3 is 0 Å². The van der Waals surface area contributed by atoms with Gasteiger partial charge in [0, 0.05) is 0 Å². The minimum atomic E-state index is 0.936. The van der Waals surface area contributed by atoms with Gasteiger partial charge in [-0.2, -0.15) is 0 Å². The highest BCUT2D eigenvalue weighted by atomic mass is 14.0. The monoisotopic (exact) mass is 148 g/mol. The summed E-state index contributed by atoms with van der Waals surface area (Å²) < 4.78 is 0. The summed E-state index contributed by atoms with van der Waals surface area (Å²) in [6.45, 7) is 17.1. The van der Waals surface area contributed by atoms with Crippen molar-refractivity contribution in [3.63, 3.8) is 0 Å². The quantitative estimate of drug-likeness (QED) is 0.412. The van der Waals surface area contributed by atoms with Gasteiger partial charge in [-0.3, -0.25) is 0 Å². The minimum Gasteiger partial charge on any atom is -0.100 e. The van der Waals surface area contributed by atoms with Crippen molar-refractivity contribution >= 4 is 0 Å². The Hall–Kier alpha value is -1.04. The summed E-state index contributed by atoms with van der Waals surface area (Å²) in [5.74, 6) is 0. The molecule has 0 aliphatic heterocycles. The SMILES string of the molecule is C=CC(=C)C(=C)CCC(=C)C. The Bertz CT molecular complexity index is 194. The molecule has 0 bridgehead atoms. The highest BCUT2D eigenvalue weighted by molar-refractivity contribution is 5.34. The average Bonchev–Trinajstić information content (AvgIpc) is 1.98. The second kappa shape index (κ2) is 4.73. The minimum absolute atomic E-state index is 0.936. The lowest BCUT2D eigenvalue weighted by atomic mass is 10.0. The first-order valence-electron chi connectivity index (χ1n) is 3.71. The molecule has 0 atom stereocenters. The molecule has 0 spiro atoms. The molecule has 0 N–H and O–H groups in total. The number of hydrogen-bond donors (Lipinski definition) is 0. The van der Waals surface area contributed by atoms with Crippen LogP contribution in [0.4, 0.5) is 0 Å². The second-order valence-corrected chi connectivity index (χ2v) is 2.79. The van der Waals surface area contributed by atoms with Gasteiger partial charge in [-0.05, 0) is 30.9 Å². The topological polar surface area (TPSA) is 0 Å². The molecule has 0 aliphatic rings. The molecule has 0 amide bonds. The van der Waals surface area contributed by atoms with Crippen molar-refractivity contribution in [1.82, 2.24) is 0 Å². The zero-order valence-electron chi connectivity index (χ0n) is 7.32. The summed E-state index contributed by atoms with van der Waals surface area (Å²) in [7, 11) is 0. The van der Waals surface area contributed by atoms with Gasteiger partial charge in [-0.15, -0.1) is 6.58 Å². The van der Waals surface area contributed by atoms with Gasteiger partial charge >= 0.3 is 0 Å². The summed E-state index contributed by atoms with van der Waals surface area (Å²) in [5.41, 5.74) is 3.18. The maximum absolute atomic E-state index is 3.89. The van der Waals surface area contributed by atoms with Gasteiger partial charge in [0.25, 0.3) is 0 Å². The lowest BCUT2D eigenvalue weighted by molar-refractivity contribution is 0.946. The first-order valence-corrected chi connectivity index (χ1v) is 3.71. The summed E-state index contributed by atoms with van der Waals surface area (Å²) in [5, 5.41) is 0. The van der Waals surface area contributed by atoms with E-state index < -0.39 is 0 Å². The van der Waals surface area contributed by atoms with Crippen molar-refractivity contribution < 1.29 is 0 Å². The molecule has 11 heavy (non-hydrogen) atoms. The summed E-state index contributed by atoms with van der Waals surface area (Å²) in [4.78, 5) is 0. The van der Waals surface area contributed by atoms with E-state index in [1.54, 1.807) is 6.08 Å². The standard InChI is InChI=1S/C11H16/c1-6-10(4)11(5)8-7-9(2)3/h6H,1-2,4-5,7-8H2,3H3. The smallest absolute Gasteiger partial charge is 0.0242 e. The van der Waals surface area contributed by atoms with Gasteiger partial charge in [0.05, 0.1) is 0 Å². The van der Waals surface area contributed by atoms with Crippen molar-refractivity contribution in [2.45, 2.75) is 19.8 Å². The van der Waals surface area contributed by atoms with E-state index in [4.69, 9.17) is 0 Å². The van der Waals surface area contributed by atoms with E-state index in [-0.39, 0.29) is 0 Å². The molecule has 0 aromatic carbocycles. The predicted octanol–water partition coefficient (Wildman–Crippen LogP) is 3.64. The molecule has 0 heteroatoms. The zero-order chi connectivity index (χ0) is 8.85. The number of rotatable bonds is 5. The largest absolute Gasteiger partial charge is 0.100 e. The van der Waals surface area contributed by atoms with Gasteiger partial charge in [0.2, 0.25) is 0 Å². The predicted molar refractivity (Wildman–Crippen MR) is 52.5 cm³/mol. The van der Waals surface area contributed by atoms with Crippen LogP contribution in [0, 0.1) is 0 Å². The molecule has 0 nitrogen and oxygen atoms in total. The van der Waals surface area contributed by atoms with Crippen LogP contribution in [-0.4, -0.2) is 0 Å². The molecule has 0 heterocycles. The molecule has 0 aromatic heterocycles. The third-order valence-corrected chi connectivity index (χ3v) is 1.55. The number of hydrogen-bond acceptors (Lipinski definition) is 0. The van der Waals surface area contributed by atoms with Crippen LogP contribution in [0.15, 0.2) is 49.1 Å². The first kappa shape index (κ1) is 9.96. The lowest BCUT2D eigenvalue weighted by Crippen LogP contribution is -1.84. The Labute approximate surface area is 69.6 Å². The molecule has 60 valence electrons. The Morgan fingerprint density at radius 1 is 1.18 bits per heavy atom. The zero-order valence-corrected chi connectivity index (χ0v) is 7.32. The van der Waals surface area contributed by atoms with Crippen molar-refractivity contribution in [2.75, 3.05) is 0 Å². The van der Waals surface area contributed by atoms with E-state index in [1.807, 2.05) is 6.92 Å². The third-order valence-electron chi connectivity index (χ3n) is 1.55. The highest BCUT2D eigenvalue weighted by Crippen LogP contribution is 2.15. The van der Waals surface area contributed by atoms with E-state index in [1.165, 1.54) is 5.57 Å². The lowest BCUT2D eigenvalue weighted by Gasteiger charge is -2.03. The van der Waals surface area contributed by atoms with Crippen LogP contribution in [0.25, 0.3) is 0 Å². The summed E-state index contributed by atoms with van der Waals surface area (Å²) in [6.07, 6.45) is 3.67. The van der Waals surface area contributed by atoms with Crippen molar-refractivity contribution in [1.29, 1.82) is 0 Å². The van der Waals surface area contributed by atoms with Crippen molar-refractivity contribution in [2.24, 2.45) is 0 Å². The molecule has 0 aromatic rings. The molecule has 0 saturated heterocycles. The van der Waals surface area contributed by atoms with E-state index in [2.05, 4.69) is 26.3 Å². The molecule has 0 aliphatic carbocycles. The maximum Gasteiger partial charge on any atom is -0.0242 e. The van der Waals surface area contributed by atoms with Crippen LogP contribution in [-0.2, 0) is 0 Å². The Balaban J connectivity index is 3.79. The van der Waals surface area contributed by atoms with Crippen LogP contribution >= 0.6 is 0 Å². The Morgan fingerprint density at radius 2 is 1.73 bits per heavy atom. The molecule has 0 rings (SSSR count). The molecular weight excluding hydrogens is 132 g/mol. The fourth-order valence-corrected chi connectivity index (χ4v) is 0.669. The summed E-state index contributed by atoms with van der Waals surface area (Å²) >= 11 is 0. The molecule has 0 radical (unpaired) electrons. The van der Waals surface area contributed by atoms with Crippen LogP contribution in [0.3, 0.4) is 0 Å². The Kier molecular flexibility index (Phi) is 4.28. The van der Waals surface area contributed by atoms with Crippen molar-refractivity contribution in [3.05, 3.63) is 49.1 Å². The number of allylic oxidation sites excluding steroid dienone is 4. The molecule has 0 fully saturated rings. The van der Waals surface area contributed by atoms with Crippen LogP contribution in [0.2, 0.25) is 0 Å². The molecule has 0 saturated carbocycles. The van der Waals surface area contributed by atoms with E-state index in [9.17, 15) is 0 Å². The van der Waals surface area contributed by atoms with Crippen LogP contribution < -0.4 is 0 Å². The summed E-state index contributed by atoms with van der Waals surface area (Å²) in [6, 6.07) is 0. The fraction of sp³-hybridized carbons (Fsp3) is 0.273. The van der Waals surface area contributed by atoms with E-state index >= 15 is 0 Å². The van der Waals surface area contributed by atoms with Crippen molar-refractivity contribution in [3.8, 4) is 0 Å². The third kappa shape index (κ3) is 4.38. The normalized spacial score (nSPS) is 8.82. The van der Waals surface area contributed by atoms with Gasteiger partial charge in [-0.25, -0.2) is 0 Å². The fourth-order valence-electron chi connectivity index (χ4n) is 0.669. The van der Waals surface area contributed by atoms with Gasteiger partial charge in [0.15, 0.2) is 0 Å². The van der Waals surface area contributed by atoms with Crippen LogP contribution in [0.1, 0.15) is 19.8 Å². The van der Waals surface area contributed by atoms with Gasteiger partial charge in [-0.1, -0.05) is 31.4 Å². The average molecular weight is 148 g/mol. The van der Waals surface area contributed by atoms with Crippen LogP contribution in [0.5, 0.6) is 0 Å². The Morgan fingerprint density at radius 3 is 2.09 bits per heavy atom. The van der Waals surface area contributed by atoms with E-state index in [0.717, 1.165) is 24.0 Å². The maximum atomic E-state index is 3.89. The highest BCUT2D eigenvalue weighted by Gasteiger charge is 1.95. The van der Waals surface area contributed by atoms with Gasteiger partial charge in [0.1, 0.15) is 0 Å².